The van der Waals surface area contributed by atoms with E-state index in [2.05, 4.69) is 21.2 Å². The molecule has 0 amide bonds. The van der Waals surface area contributed by atoms with Crippen LogP contribution in [0.25, 0.3) is 0 Å². The number of non-ortho nitro benzene ring substituents is 1. The average Bonchev–Trinajstić information content (AvgIpc) is 2.45. The minimum absolute atomic E-state index is 0.0252. The summed E-state index contributed by atoms with van der Waals surface area (Å²) in [5.74, 6) is -0.266. The van der Waals surface area contributed by atoms with Crippen molar-refractivity contribution in [3.8, 4) is 0 Å². The largest absolute Gasteiger partial charge is 0.306 e. The second kappa shape index (κ2) is 6.78. The van der Waals surface area contributed by atoms with Crippen molar-refractivity contribution in [3.05, 3.63) is 74.0 Å². The lowest BCUT2D eigenvalue weighted by atomic mass is 10.1. The van der Waals surface area contributed by atoms with Crippen LogP contribution in [0, 0.1) is 15.9 Å². The first-order valence-corrected chi connectivity index (χ1v) is 7.18. The molecule has 1 atom stereocenters. The van der Waals surface area contributed by atoms with Crippen molar-refractivity contribution >= 4 is 21.6 Å². The van der Waals surface area contributed by atoms with Crippen LogP contribution in [-0.4, -0.2) is 4.92 Å². The Kier molecular flexibility index (Phi) is 5.03. The Bertz CT molecular complexity index is 664. The normalized spacial score (nSPS) is 12.1. The maximum Gasteiger partial charge on any atom is 0.270 e. The quantitative estimate of drug-likeness (QED) is 0.642. The van der Waals surface area contributed by atoms with Crippen LogP contribution >= 0.6 is 15.9 Å². The lowest BCUT2D eigenvalue weighted by Crippen LogP contribution is -2.18. The number of rotatable bonds is 5. The molecule has 1 N–H and O–H groups in total. The lowest BCUT2D eigenvalue weighted by molar-refractivity contribution is -0.384. The van der Waals surface area contributed by atoms with Gasteiger partial charge in [-0.15, -0.1) is 0 Å². The molecule has 2 aromatic rings. The summed E-state index contributed by atoms with van der Waals surface area (Å²) in [5, 5.41) is 13.9. The number of nitro groups is 1. The number of nitro benzene ring substituents is 1. The molecular weight excluding hydrogens is 339 g/mol. The third-order valence-electron chi connectivity index (χ3n) is 3.19. The number of benzene rings is 2. The standard InChI is InChI=1S/C15H14BrFN2O2/c1-10(11-3-2-4-13(17)7-11)18-9-12-5-6-14(19(20)21)8-15(12)16/h2-8,10,18H,9H2,1H3/t10-/m1/s1. The number of halogens is 2. The summed E-state index contributed by atoms with van der Waals surface area (Å²) < 4.78 is 13.9. The van der Waals surface area contributed by atoms with E-state index < -0.39 is 4.92 Å². The molecule has 0 radical (unpaired) electrons. The number of nitrogens with one attached hydrogen (secondary N) is 1. The van der Waals surface area contributed by atoms with Gasteiger partial charge >= 0.3 is 0 Å². The minimum Gasteiger partial charge on any atom is -0.306 e. The van der Waals surface area contributed by atoms with Crippen LogP contribution in [0.5, 0.6) is 0 Å². The molecule has 0 heterocycles. The molecule has 0 unspecified atom stereocenters. The Balaban J connectivity index is 2.04. The Morgan fingerprint density at radius 1 is 1.33 bits per heavy atom. The molecule has 0 aliphatic heterocycles. The molecular formula is C15H14BrFN2O2. The van der Waals surface area contributed by atoms with Crippen molar-refractivity contribution in [1.82, 2.24) is 5.32 Å². The summed E-state index contributed by atoms with van der Waals surface area (Å²) in [6.07, 6.45) is 0. The van der Waals surface area contributed by atoms with E-state index in [9.17, 15) is 14.5 Å². The van der Waals surface area contributed by atoms with E-state index in [0.29, 0.717) is 11.0 Å². The number of hydrogen-bond acceptors (Lipinski definition) is 3. The summed E-state index contributed by atoms with van der Waals surface area (Å²) in [5.41, 5.74) is 1.81. The molecule has 0 aromatic heterocycles. The van der Waals surface area contributed by atoms with E-state index >= 15 is 0 Å². The van der Waals surface area contributed by atoms with E-state index in [1.165, 1.54) is 24.3 Å². The Labute approximate surface area is 130 Å². The summed E-state index contributed by atoms with van der Waals surface area (Å²) in [7, 11) is 0. The van der Waals surface area contributed by atoms with E-state index in [4.69, 9.17) is 0 Å². The van der Waals surface area contributed by atoms with Gasteiger partial charge in [-0.25, -0.2) is 4.39 Å². The molecule has 0 spiro atoms. The van der Waals surface area contributed by atoms with E-state index in [1.54, 1.807) is 12.1 Å². The summed E-state index contributed by atoms with van der Waals surface area (Å²) in [6.45, 7) is 2.46. The van der Waals surface area contributed by atoms with Crippen LogP contribution in [-0.2, 0) is 6.54 Å². The smallest absolute Gasteiger partial charge is 0.270 e. The fourth-order valence-corrected chi connectivity index (χ4v) is 2.46. The van der Waals surface area contributed by atoms with Crippen LogP contribution < -0.4 is 5.32 Å². The van der Waals surface area contributed by atoms with Crippen molar-refractivity contribution in [3.63, 3.8) is 0 Å². The van der Waals surface area contributed by atoms with E-state index in [1.807, 2.05) is 13.0 Å². The zero-order valence-electron chi connectivity index (χ0n) is 11.3. The van der Waals surface area contributed by atoms with Crippen molar-refractivity contribution in [1.29, 1.82) is 0 Å². The Morgan fingerprint density at radius 2 is 2.10 bits per heavy atom. The highest BCUT2D eigenvalue weighted by molar-refractivity contribution is 9.10. The second-order valence-electron chi connectivity index (χ2n) is 4.69. The van der Waals surface area contributed by atoms with Crippen molar-refractivity contribution in [2.45, 2.75) is 19.5 Å². The zero-order chi connectivity index (χ0) is 15.4. The van der Waals surface area contributed by atoms with E-state index in [0.717, 1.165) is 11.1 Å². The van der Waals surface area contributed by atoms with Gasteiger partial charge in [0.2, 0.25) is 0 Å². The predicted octanol–water partition coefficient (Wildman–Crippen LogP) is 4.35. The third-order valence-corrected chi connectivity index (χ3v) is 3.93. The van der Waals surface area contributed by atoms with Gasteiger partial charge in [-0.1, -0.05) is 28.1 Å². The summed E-state index contributed by atoms with van der Waals surface area (Å²) in [4.78, 5) is 10.2. The van der Waals surface area contributed by atoms with Crippen LogP contribution in [0.15, 0.2) is 46.9 Å². The van der Waals surface area contributed by atoms with Crippen LogP contribution in [0.4, 0.5) is 10.1 Å². The van der Waals surface area contributed by atoms with Crippen LogP contribution in [0.2, 0.25) is 0 Å². The molecule has 6 heteroatoms. The summed E-state index contributed by atoms with van der Waals surface area (Å²) in [6, 6.07) is 11.0. The molecule has 0 fully saturated rings. The highest BCUT2D eigenvalue weighted by atomic mass is 79.9. The van der Waals surface area contributed by atoms with Gasteiger partial charge in [0.25, 0.3) is 5.69 Å². The third kappa shape index (κ3) is 4.09. The molecule has 0 bridgehead atoms. The van der Waals surface area contributed by atoms with Gasteiger partial charge < -0.3 is 5.32 Å². The molecule has 0 aliphatic rings. The Morgan fingerprint density at radius 3 is 2.71 bits per heavy atom. The lowest BCUT2D eigenvalue weighted by Gasteiger charge is -2.15. The van der Waals surface area contributed by atoms with Gasteiger partial charge in [-0.05, 0) is 36.2 Å². The van der Waals surface area contributed by atoms with Gasteiger partial charge in [0.1, 0.15) is 5.82 Å². The number of hydrogen-bond donors (Lipinski definition) is 1. The van der Waals surface area contributed by atoms with Gasteiger partial charge in [0.05, 0.1) is 4.92 Å². The molecule has 110 valence electrons. The maximum atomic E-state index is 13.2. The highest BCUT2D eigenvalue weighted by Crippen LogP contribution is 2.23. The average molecular weight is 353 g/mol. The predicted molar refractivity (Wildman–Crippen MR) is 82.5 cm³/mol. The first kappa shape index (κ1) is 15.6. The molecule has 2 rings (SSSR count). The minimum atomic E-state index is -0.433. The zero-order valence-corrected chi connectivity index (χ0v) is 12.9. The molecule has 2 aromatic carbocycles. The number of nitrogens with zero attached hydrogens (tertiary/aromatic N) is 1. The van der Waals surface area contributed by atoms with Crippen molar-refractivity contribution in [2.75, 3.05) is 0 Å². The van der Waals surface area contributed by atoms with Crippen molar-refractivity contribution < 1.29 is 9.31 Å². The van der Waals surface area contributed by atoms with Crippen LogP contribution in [0.1, 0.15) is 24.1 Å². The first-order chi connectivity index (χ1) is 9.97. The first-order valence-electron chi connectivity index (χ1n) is 6.39. The highest BCUT2D eigenvalue weighted by Gasteiger charge is 2.11. The van der Waals surface area contributed by atoms with Gasteiger partial charge in [-0.3, -0.25) is 10.1 Å². The molecule has 21 heavy (non-hydrogen) atoms. The van der Waals surface area contributed by atoms with Gasteiger partial charge in [0, 0.05) is 29.2 Å². The van der Waals surface area contributed by atoms with Gasteiger partial charge in [-0.2, -0.15) is 0 Å². The molecule has 0 saturated heterocycles. The van der Waals surface area contributed by atoms with E-state index in [-0.39, 0.29) is 17.5 Å². The molecule has 0 aliphatic carbocycles. The second-order valence-corrected chi connectivity index (χ2v) is 5.54. The maximum absolute atomic E-state index is 13.2. The Hall–Kier alpha value is -1.79. The van der Waals surface area contributed by atoms with Gasteiger partial charge in [0.15, 0.2) is 0 Å². The fraction of sp³-hybridized carbons (Fsp3) is 0.200. The monoisotopic (exact) mass is 352 g/mol. The SMILES string of the molecule is C[C@@H](NCc1ccc([N+](=O)[O-])cc1Br)c1cccc(F)c1. The summed E-state index contributed by atoms with van der Waals surface area (Å²) >= 11 is 3.33. The fourth-order valence-electron chi connectivity index (χ4n) is 1.95. The van der Waals surface area contributed by atoms with Crippen molar-refractivity contribution in [2.24, 2.45) is 0 Å². The molecule has 0 saturated carbocycles. The van der Waals surface area contributed by atoms with Crippen LogP contribution in [0.3, 0.4) is 0 Å². The topological polar surface area (TPSA) is 55.2 Å². The molecule has 4 nitrogen and oxygen atoms in total.